The molecule has 1 N–H and O–H groups in total. The maximum Gasteiger partial charge on any atom is 0.272 e. The molecule has 0 saturated carbocycles. The number of nitro benzene ring substituents is 1. The Kier molecular flexibility index (Phi) is 5.74. The topological polar surface area (TPSA) is 67.6 Å². The summed E-state index contributed by atoms with van der Waals surface area (Å²) in [4.78, 5) is 12.9. The minimum Gasteiger partial charge on any atom is -0.385 e. The van der Waals surface area contributed by atoms with Gasteiger partial charge in [0.15, 0.2) is 0 Å². The fourth-order valence-electron chi connectivity index (χ4n) is 2.97. The average Bonchev–Trinajstić information content (AvgIpc) is 2.42. The van der Waals surface area contributed by atoms with Crippen LogP contribution >= 0.6 is 0 Å². The quantitative estimate of drug-likeness (QED) is 0.497. The number of morpholine rings is 1. The predicted octanol–water partition coefficient (Wildman–Crippen LogP) is 2.81. The third kappa shape index (κ3) is 4.68. The number of rotatable bonds is 6. The van der Waals surface area contributed by atoms with Gasteiger partial charge in [-0.3, -0.25) is 15.0 Å². The van der Waals surface area contributed by atoms with Crippen molar-refractivity contribution >= 4 is 11.4 Å². The molecule has 0 aliphatic carbocycles. The van der Waals surface area contributed by atoms with E-state index in [-0.39, 0.29) is 10.6 Å². The molecule has 0 radical (unpaired) electrons. The van der Waals surface area contributed by atoms with Gasteiger partial charge in [-0.2, -0.15) is 0 Å². The first kappa shape index (κ1) is 16.7. The molecule has 2 rings (SSSR count). The fourth-order valence-corrected chi connectivity index (χ4v) is 2.97. The molecule has 0 amide bonds. The first-order valence-electron chi connectivity index (χ1n) is 7.82. The summed E-state index contributed by atoms with van der Waals surface area (Å²) in [6, 6.07) is 5.16. The summed E-state index contributed by atoms with van der Waals surface area (Å²) in [5, 5.41) is 14.1. The second-order valence-corrected chi connectivity index (χ2v) is 6.06. The summed E-state index contributed by atoms with van der Waals surface area (Å²) in [5.41, 5.74) is 1.79. The van der Waals surface area contributed by atoms with Crippen molar-refractivity contribution in [3.63, 3.8) is 0 Å². The minimum atomic E-state index is -0.347. The Balaban J connectivity index is 1.75. The second kappa shape index (κ2) is 7.56. The zero-order valence-corrected chi connectivity index (χ0v) is 13.5. The van der Waals surface area contributed by atoms with E-state index in [4.69, 9.17) is 4.74 Å². The van der Waals surface area contributed by atoms with Crippen LogP contribution in [0.1, 0.15) is 25.8 Å². The van der Waals surface area contributed by atoms with Gasteiger partial charge in [0, 0.05) is 43.5 Å². The van der Waals surface area contributed by atoms with Crippen LogP contribution in [0, 0.1) is 17.0 Å². The van der Waals surface area contributed by atoms with Gasteiger partial charge in [-0.05, 0) is 39.3 Å². The first-order valence-corrected chi connectivity index (χ1v) is 7.82. The molecule has 1 aromatic carbocycles. The summed E-state index contributed by atoms with van der Waals surface area (Å²) in [6.07, 6.45) is 1.64. The number of nitrogens with one attached hydrogen (secondary N) is 1. The van der Waals surface area contributed by atoms with E-state index in [0.29, 0.717) is 17.8 Å². The Morgan fingerprint density at radius 1 is 1.36 bits per heavy atom. The van der Waals surface area contributed by atoms with Gasteiger partial charge in [-0.1, -0.05) is 0 Å². The number of nitrogens with zero attached hydrogens (tertiary/aromatic N) is 2. The van der Waals surface area contributed by atoms with Crippen LogP contribution < -0.4 is 5.32 Å². The molecule has 1 aliphatic heterocycles. The third-order valence-electron chi connectivity index (χ3n) is 3.87. The molecular weight excluding hydrogens is 282 g/mol. The Morgan fingerprint density at radius 3 is 2.64 bits per heavy atom. The van der Waals surface area contributed by atoms with Crippen molar-refractivity contribution in [3.8, 4) is 0 Å². The zero-order valence-electron chi connectivity index (χ0n) is 13.5. The fraction of sp³-hybridized carbons (Fsp3) is 0.625. The summed E-state index contributed by atoms with van der Waals surface area (Å²) in [6.45, 7) is 9.86. The van der Waals surface area contributed by atoms with Gasteiger partial charge in [0.25, 0.3) is 5.69 Å². The van der Waals surface area contributed by atoms with Crippen molar-refractivity contribution in [2.75, 3.05) is 31.5 Å². The van der Waals surface area contributed by atoms with Crippen molar-refractivity contribution in [2.45, 2.75) is 39.4 Å². The van der Waals surface area contributed by atoms with Gasteiger partial charge in [-0.15, -0.1) is 0 Å². The van der Waals surface area contributed by atoms with Gasteiger partial charge < -0.3 is 10.1 Å². The van der Waals surface area contributed by atoms with Gasteiger partial charge in [0.05, 0.1) is 17.1 Å². The number of hydrogen-bond donors (Lipinski definition) is 1. The molecule has 1 heterocycles. The maximum absolute atomic E-state index is 10.8. The minimum absolute atomic E-state index is 0.168. The van der Waals surface area contributed by atoms with Crippen molar-refractivity contribution < 1.29 is 9.66 Å². The highest BCUT2D eigenvalue weighted by Crippen LogP contribution is 2.21. The first-order chi connectivity index (χ1) is 10.5. The summed E-state index contributed by atoms with van der Waals surface area (Å²) < 4.78 is 5.72. The number of ether oxygens (including phenoxy) is 1. The molecule has 1 aromatic rings. The number of nitro groups is 1. The maximum atomic E-state index is 10.8. The van der Waals surface area contributed by atoms with Crippen LogP contribution in [0.3, 0.4) is 0 Å². The second-order valence-electron chi connectivity index (χ2n) is 6.06. The van der Waals surface area contributed by atoms with Gasteiger partial charge in [-0.25, -0.2) is 0 Å². The van der Waals surface area contributed by atoms with E-state index in [9.17, 15) is 10.1 Å². The van der Waals surface area contributed by atoms with Crippen molar-refractivity contribution in [1.82, 2.24) is 4.90 Å². The van der Waals surface area contributed by atoms with Crippen LogP contribution in [0.4, 0.5) is 11.4 Å². The number of anilines is 1. The Hall–Kier alpha value is -1.66. The molecular formula is C16H25N3O3. The number of hydrogen-bond acceptors (Lipinski definition) is 5. The number of benzene rings is 1. The number of aryl methyl sites for hydroxylation is 1. The lowest BCUT2D eigenvalue weighted by molar-refractivity contribution is -0.385. The SMILES string of the molecule is Cc1cc(NCCCN2CC(C)OC(C)C2)ccc1[N+](=O)[O-]. The van der Waals surface area contributed by atoms with Crippen LogP contribution in [0.2, 0.25) is 0 Å². The van der Waals surface area contributed by atoms with Gasteiger partial charge in [0.2, 0.25) is 0 Å². The van der Waals surface area contributed by atoms with E-state index in [1.165, 1.54) is 0 Å². The molecule has 0 bridgehead atoms. The average molecular weight is 307 g/mol. The molecule has 1 fully saturated rings. The van der Waals surface area contributed by atoms with Crippen LogP contribution in [0.5, 0.6) is 0 Å². The standard InChI is InChI=1S/C16H25N3O3/c1-12-9-15(5-6-16(12)19(20)21)17-7-4-8-18-10-13(2)22-14(3)11-18/h5-6,9,13-14,17H,4,7-8,10-11H2,1-3H3. The van der Waals surface area contributed by atoms with Crippen LogP contribution in [-0.2, 0) is 4.74 Å². The normalized spacial score (nSPS) is 22.5. The summed E-state index contributed by atoms with van der Waals surface area (Å²) in [5.74, 6) is 0. The van der Waals surface area contributed by atoms with Crippen molar-refractivity contribution in [1.29, 1.82) is 0 Å². The Labute approximate surface area is 131 Å². The Bertz CT molecular complexity index is 511. The molecule has 1 aliphatic rings. The lowest BCUT2D eigenvalue weighted by Gasteiger charge is -2.35. The van der Waals surface area contributed by atoms with E-state index in [1.54, 1.807) is 19.1 Å². The highest BCUT2D eigenvalue weighted by molar-refractivity contribution is 5.53. The monoisotopic (exact) mass is 307 g/mol. The highest BCUT2D eigenvalue weighted by Gasteiger charge is 2.21. The molecule has 2 atom stereocenters. The lowest BCUT2D eigenvalue weighted by Crippen LogP contribution is -2.45. The predicted molar refractivity (Wildman–Crippen MR) is 87.4 cm³/mol. The smallest absolute Gasteiger partial charge is 0.272 e. The van der Waals surface area contributed by atoms with Crippen molar-refractivity contribution in [3.05, 3.63) is 33.9 Å². The largest absolute Gasteiger partial charge is 0.385 e. The third-order valence-corrected chi connectivity index (χ3v) is 3.87. The van der Waals surface area contributed by atoms with Crippen LogP contribution in [0.15, 0.2) is 18.2 Å². The lowest BCUT2D eigenvalue weighted by atomic mass is 10.2. The Morgan fingerprint density at radius 2 is 2.05 bits per heavy atom. The molecule has 122 valence electrons. The van der Waals surface area contributed by atoms with E-state index in [2.05, 4.69) is 24.1 Å². The van der Waals surface area contributed by atoms with Crippen LogP contribution in [-0.4, -0.2) is 48.2 Å². The molecule has 22 heavy (non-hydrogen) atoms. The van der Waals surface area contributed by atoms with E-state index >= 15 is 0 Å². The van der Waals surface area contributed by atoms with E-state index in [0.717, 1.165) is 38.3 Å². The highest BCUT2D eigenvalue weighted by atomic mass is 16.6. The molecule has 2 unspecified atom stereocenters. The van der Waals surface area contributed by atoms with Gasteiger partial charge >= 0.3 is 0 Å². The molecule has 0 spiro atoms. The van der Waals surface area contributed by atoms with E-state index < -0.39 is 0 Å². The molecule has 1 saturated heterocycles. The molecule has 0 aromatic heterocycles. The molecule has 6 heteroatoms. The van der Waals surface area contributed by atoms with Crippen molar-refractivity contribution in [2.24, 2.45) is 0 Å². The summed E-state index contributed by atoms with van der Waals surface area (Å²) >= 11 is 0. The zero-order chi connectivity index (χ0) is 16.1. The summed E-state index contributed by atoms with van der Waals surface area (Å²) in [7, 11) is 0. The van der Waals surface area contributed by atoms with Crippen LogP contribution in [0.25, 0.3) is 0 Å². The molecule has 6 nitrogen and oxygen atoms in total. The van der Waals surface area contributed by atoms with Gasteiger partial charge in [0.1, 0.15) is 0 Å². The van der Waals surface area contributed by atoms with E-state index in [1.807, 2.05) is 6.07 Å².